The van der Waals surface area contributed by atoms with E-state index in [1.165, 1.54) is 12.3 Å². The summed E-state index contributed by atoms with van der Waals surface area (Å²) in [6.07, 6.45) is 2.47. The number of ether oxygens (including phenoxy) is 1. The van der Waals surface area contributed by atoms with Gasteiger partial charge in [0.25, 0.3) is 0 Å². The number of nitrogens with zero attached hydrogens (tertiary/aromatic N) is 1. The van der Waals surface area contributed by atoms with Crippen molar-refractivity contribution in [2.75, 3.05) is 16.7 Å². The van der Waals surface area contributed by atoms with Crippen molar-refractivity contribution < 1.29 is 13.2 Å². The SMILES string of the molecule is CC(C)Oc1ccc(N)c(C(=N)c2ccnc(NS(C)(=O)=O)c2)c1. The number of rotatable bonds is 6. The molecular formula is C16H20N4O3S. The second kappa shape index (κ2) is 6.88. The molecule has 0 saturated carbocycles. The van der Waals surface area contributed by atoms with E-state index in [1.807, 2.05) is 13.8 Å². The van der Waals surface area contributed by atoms with Crippen LogP contribution in [0.15, 0.2) is 36.5 Å². The number of nitrogens with one attached hydrogen (secondary N) is 2. The maximum absolute atomic E-state index is 11.3. The molecule has 1 heterocycles. The van der Waals surface area contributed by atoms with Crippen molar-refractivity contribution in [3.63, 3.8) is 0 Å². The van der Waals surface area contributed by atoms with Crippen molar-refractivity contribution in [3.8, 4) is 5.75 Å². The molecule has 1 aromatic carbocycles. The summed E-state index contributed by atoms with van der Waals surface area (Å²) in [5.74, 6) is 0.760. The Hall–Kier alpha value is -2.61. The van der Waals surface area contributed by atoms with Crippen LogP contribution in [0.5, 0.6) is 5.75 Å². The summed E-state index contributed by atoms with van der Waals surface area (Å²) >= 11 is 0. The first-order chi connectivity index (χ1) is 11.2. The normalized spacial score (nSPS) is 11.3. The van der Waals surface area contributed by atoms with Crippen LogP contribution < -0.4 is 15.2 Å². The Bertz CT molecular complexity index is 863. The van der Waals surface area contributed by atoms with Gasteiger partial charge in [0.2, 0.25) is 10.0 Å². The standard InChI is InChI=1S/C16H20N4O3S/c1-10(2)23-12-4-5-14(17)13(9-12)16(18)11-6-7-19-15(8-11)20-24(3,21)22/h4-10,18H,17H2,1-3H3,(H,19,20). The van der Waals surface area contributed by atoms with Crippen molar-refractivity contribution >= 4 is 27.2 Å². The molecule has 0 radical (unpaired) electrons. The molecule has 0 atom stereocenters. The lowest BCUT2D eigenvalue weighted by atomic mass is 10.0. The molecular weight excluding hydrogens is 328 g/mol. The van der Waals surface area contributed by atoms with Crippen molar-refractivity contribution in [1.82, 2.24) is 4.98 Å². The molecule has 0 spiro atoms. The number of pyridine rings is 1. The first-order valence-electron chi connectivity index (χ1n) is 7.25. The van der Waals surface area contributed by atoms with Gasteiger partial charge in [-0.15, -0.1) is 0 Å². The van der Waals surface area contributed by atoms with Crippen LogP contribution in [0.4, 0.5) is 11.5 Å². The molecule has 0 unspecified atom stereocenters. The summed E-state index contributed by atoms with van der Waals surface area (Å²) in [6.45, 7) is 3.82. The Balaban J connectivity index is 2.36. The first-order valence-corrected chi connectivity index (χ1v) is 9.14. The number of benzene rings is 1. The first kappa shape index (κ1) is 17.7. The fourth-order valence-corrected chi connectivity index (χ4v) is 2.58. The second-order valence-corrected chi connectivity index (χ2v) is 7.34. The van der Waals surface area contributed by atoms with Crippen LogP contribution >= 0.6 is 0 Å². The smallest absolute Gasteiger partial charge is 0.230 e. The molecule has 0 aliphatic carbocycles. The van der Waals surface area contributed by atoms with Crippen molar-refractivity contribution in [2.45, 2.75) is 20.0 Å². The molecule has 128 valence electrons. The van der Waals surface area contributed by atoms with Crippen LogP contribution in [-0.4, -0.2) is 31.5 Å². The molecule has 0 saturated heterocycles. The van der Waals surface area contributed by atoms with Gasteiger partial charge in [0.05, 0.1) is 18.1 Å². The zero-order chi connectivity index (χ0) is 17.9. The van der Waals surface area contributed by atoms with E-state index < -0.39 is 10.0 Å². The molecule has 2 aromatic rings. The third-order valence-corrected chi connectivity index (χ3v) is 3.58. The Labute approximate surface area is 141 Å². The Kier molecular flexibility index (Phi) is 5.08. The van der Waals surface area contributed by atoms with Crippen LogP contribution in [0.1, 0.15) is 25.0 Å². The van der Waals surface area contributed by atoms with E-state index in [1.54, 1.807) is 24.3 Å². The Morgan fingerprint density at radius 3 is 2.62 bits per heavy atom. The van der Waals surface area contributed by atoms with Gasteiger partial charge in [-0.1, -0.05) is 0 Å². The molecule has 8 heteroatoms. The molecule has 0 amide bonds. The van der Waals surface area contributed by atoms with Crippen LogP contribution in [0.3, 0.4) is 0 Å². The van der Waals surface area contributed by atoms with Crippen molar-refractivity contribution in [2.24, 2.45) is 0 Å². The zero-order valence-electron chi connectivity index (χ0n) is 13.7. The molecule has 24 heavy (non-hydrogen) atoms. The quantitative estimate of drug-likeness (QED) is 0.546. The molecule has 4 N–H and O–H groups in total. The minimum absolute atomic E-state index is 0.00199. The number of sulfonamides is 1. The van der Waals surface area contributed by atoms with E-state index in [0.29, 0.717) is 22.6 Å². The summed E-state index contributed by atoms with van der Waals surface area (Å²) in [5.41, 5.74) is 7.56. The van der Waals surface area contributed by atoms with Crippen LogP contribution in [0.25, 0.3) is 0 Å². The maximum atomic E-state index is 11.3. The van der Waals surface area contributed by atoms with Crippen LogP contribution in [0, 0.1) is 5.41 Å². The average molecular weight is 348 g/mol. The highest BCUT2D eigenvalue weighted by Gasteiger charge is 2.12. The minimum atomic E-state index is -3.44. The lowest BCUT2D eigenvalue weighted by molar-refractivity contribution is 0.242. The van der Waals surface area contributed by atoms with Gasteiger partial charge < -0.3 is 10.5 Å². The predicted octanol–water partition coefficient (Wildman–Crippen LogP) is 2.24. The highest BCUT2D eigenvalue weighted by Crippen LogP contribution is 2.24. The third-order valence-electron chi connectivity index (χ3n) is 3.00. The zero-order valence-corrected chi connectivity index (χ0v) is 14.5. The topological polar surface area (TPSA) is 118 Å². The lowest BCUT2D eigenvalue weighted by Crippen LogP contribution is -2.12. The van der Waals surface area contributed by atoms with Crippen molar-refractivity contribution in [1.29, 1.82) is 5.41 Å². The molecule has 7 nitrogen and oxygen atoms in total. The van der Waals surface area contributed by atoms with Crippen LogP contribution in [-0.2, 0) is 10.0 Å². The summed E-state index contributed by atoms with van der Waals surface area (Å²) in [5, 5.41) is 8.38. The summed E-state index contributed by atoms with van der Waals surface area (Å²) in [4.78, 5) is 3.94. The van der Waals surface area contributed by atoms with E-state index in [-0.39, 0.29) is 17.6 Å². The monoisotopic (exact) mass is 348 g/mol. The fourth-order valence-electron chi connectivity index (χ4n) is 2.08. The number of hydrogen-bond acceptors (Lipinski definition) is 6. The van der Waals surface area contributed by atoms with Gasteiger partial charge in [0.1, 0.15) is 11.6 Å². The largest absolute Gasteiger partial charge is 0.491 e. The van der Waals surface area contributed by atoms with Gasteiger partial charge in [-0.2, -0.15) is 0 Å². The van der Waals surface area contributed by atoms with Gasteiger partial charge in [-0.05, 0) is 44.2 Å². The lowest BCUT2D eigenvalue weighted by Gasteiger charge is -2.14. The Morgan fingerprint density at radius 2 is 2.00 bits per heavy atom. The molecule has 0 aliphatic rings. The van der Waals surface area contributed by atoms with E-state index in [4.69, 9.17) is 15.9 Å². The molecule has 0 bridgehead atoms. The van der Waals surface area contributed by atoms with E-state index >= 15 is 0 Å². The third kappa shape index (κ3) is 4.69. The van der Waals surface area contributed by atoms with Gasteiger partial charge in [0.15, 0.2) is 0 Å². The average Bonchev–Trinajstić information content (AvgIpc) is 2.46. The number of anilines is 2. The summed E-state index contributed by atoms with van der Waals surface area (Å²) in [6, 6.07) is 8.22. The highest BCUT2D eigenvalue weighted by atomic mass is 32.2. The fraction of sp³-hybridized carbons (Fsp3) is 0.250. The molecule has 1 aromatic heterocycles. The molecule has 0 fully saturated rings. The van der Waals surface area contributed by atoms with Gasteiger partial charge in [-0.3, -0.25) is 10.1 Å². The van der Waals surface area contributed by atoms with E-state index in [0.717, 1.165) is 6.26 Å². The highest BCUT2D eigenvalue weighted by molar-refractivity contribution is 7.92. The minimum Gasteiger partial charge on any atom is -0.491 e. The van der Waals surface area contributed by atoms with E-state index in [9.17, 15) is 8.42 Å². The number of nitrogen functional groups attached to an aromatic ring is 1. The summed E-state index contributed by atoms with van der Waals surface area (Å²) in [7, 11) is -3.44. The maximum Gasteiger partial charge on any atom is 0.230 e. The van der Waals surface area contributed by atoms with Gasteiger partial charge in [0, 0.05) is 23.0 Å². The Morgan fingerprint density at radius 1 is 1.29 bits per heavy atom. The van der Waals surface area contributed by atoms with Gasteiger partial charge in [-0.25, -0.2) is 13.4 Å². The number of hydrogen-bond donors (Lipinski definition) is 3. The van der Waals surface area contributed by atoms with E-state index in [2.05, 4.69) is 9.71 Å². The van der Waals surface area contributed by atoms with Gasteiger partial charge >= 0.3 is 0 Å². The van der Waals surface area contributed by atoms with Crippen LogP contribution in [0.2, 0.25) is 0 Å². The second-order valence-electron chi connectivity index (χ2n) is 5.59. The summed E-state index contributed by atoms with van der Waals surface area (Å²) < 4.78 is 30.5. The molecule has 0 aliphatic heterocycles. The number of nitrogens with two attached hydrogens (primary N) is 1. The van der Waals surface area contributed by atoms with Crippen molar-refractivity contribution in [3.05, 3.63) is 47.7 Å². The predicted molar refractivity (Wildman–Crippen MR) is 95.3 cm³/mol. The molecule has 2 rings (SSSR count). The number of aromatic nitrogens is 1.